The van der Waals surface area contributed by atoms with E-state index >= 15 is 0 Å². The molecule has 2 N–H and O–H groups in total. The highest BCUT2D eigenvalue weighted by atomic mass is 32.2. The quantitative estimate of drug-likeness (QED) is 0.190. The standard InChI is InChI=1S/C23H23N3O7S/c1-34-19-11-10-14(12-18(19)26(31)32)21(28)16-8-4-5-9-17(16)22(29)33-13-20(27)25-23(30)24-15-6-2-3-7-15/h4-5,8-12,15H,2-3,6-7,13H2,1H3,(H2,24,25,27,30). The Morgan fingerprint density at radius 1 is 1.09 bits per heavy atom. The number of amides is 3. The van der Waals surface area contributed by atoms with Gasteiger partial charge in [0.15, 0.2) is 12.4 Å². The van der Waals surface area contributed by atoms with Gasteiger partial charge in [0, 0.05) is 23.2 Å². The molecule has 1 fully saturated rings. The molecule has 0 atom stereocenters. The molecule has 178 valence electrons. The zero-order chi connectivity index (χ0) is 24.7. The summed E-state index contributed by atoms with van der Waals surface area (Å²) < 4.78 is 4.99. The Balaban J connectivity index is 1.67. The number of imide groups is 1. The molecular weight excluding hydrogens is 462 g/mol. The van der Waals surface area contributed by atoms with E-state index in [4.69, 9.17) is 4.74 Å². The van der Waals surface area contributed by atoms with Gasteiger partial charge in [0.05, 0.1) is 15.4 Å². The molecule has 1 saturated carbocycles. The lowest BCUT2D eigenvalue weighted by Gasteiger charge is -2.12. The Bertz CT molecular complexity index is 1130. The van der Waals surface area contributed by atoms with Crippen molar-refractivity contribution in [2.75, 3.05) is 12.9 Å². The number of carbonyl (C=O) groups excluding carboxylic acids is 4. The lowest BCUT2D eigenvalue weighted by molar-refractivity contribution is -0.387. The van der Waals surface area contributed by atoms with Crippen molar-refractivity contribution in [3.05, 3.63) is 69.3 Å². The monoisotopic (exact) mass is 485 g/mol. The number of hydrogen-bond donors (Lipinski definition) is 2. The first-order valence-electron chi connectivity index (χ1n) is 10.5. The molecule has 0 radical (unpaired) electrons. The van der Waals surface area contributed by atoms with Gasteiger partial charge in [0.2, 0.25) is 0 Å². The van der Waals surface area contributed by atoms with Crippen molar-refractivity contribution in [2.24, 2.45) is 0 Å². The smallest absolute Gasteiger partial charge is 0.339 e. The molecule has 1 aliphatic rings. The fourth-order valence-corrected chi connectivity index (χ4v) is 4.20. The summed E-state index contributed by atoms with van der Waals surface area (Å²) in [4.78, 5) is 60.6. The molecule has 0 aromatic heterocycles. The average molecular weight is 486 g/mol. The molecule has 1 aliphatic carbocycles. The first-order chi connectivity index (χ1) is 16.3. The number of ketones is 1. The van der Waals surface area contributed by atoms with E-state index in [1.54, 1.807) is 6.26 Å². The summed E-state index contributed by atoms with van der Waals surface area (Å²) in [5, 5.41) is 16.1. The molecule has 2 aromatic rings. The molecule has 0 unspecified atom stereocenters. The van der Waals surface area contributed by atoms with Gasteiger partial charge >= 0.3 is 12.0 Å². The van der Waals surface area contributed by atoms with Crippen molar-refractivity contribution >= 4 is 41.1 Å². The van der Waals surface area contributed by atoms with Gasteiger partial charge in [-0.05, 0) is 37.3 Å². The van der Waals surface area contributed by atoms with Crippen LogP contribution in [0, 0.1) is 10.1 Å². The van der Waals surface area contributed by atoms with Gasteiger partial charge < -0.3 is 10.1 Å². The average Bonchev–Trinajstić information content (AvgIpc) is 3.34. The predicted molar refractivity (Wildman–Crippen MR) is 124 cm³/mol. The summed E-state index contributed by atoms with van der Waals surface area (Å²) in [5.41, 5.74) is -0.317. The van der Waals surface area contributed by atoms with E-state index in [1.807, 2.05) is 0 Å². The van der Waals surface area contributed by atoms with Crippen LogP contribution in [0.1, 0.15) is 52.0 Å². The zero-order valence-corrected chi connectivity index (χ0v) is 19.2. The fourth-order valence-electron chi connectivity index (χ4n) is 3.65. The van der Waals surface area contributed by atoms with E-state index in [9.17, 15) is 29.3 Å². The molecule has 0 spiro atoms. The lowest BCUT2D eigenvalue weighted by Crippen LogP contribution is -2.45. The van der Waals surface area contributed by atoms with Crippen LogP contribution in [0.15, 0.2) is 47.4 Å². The molecule has 3 rings (SSSR count). The van der Waals surface area contributed by atoms with Crippen molar-refractivity contribution in [2.45, 2.75) is 36.6 Å². The van der Waals surface area contributed by atoms with E-state index in [0.29, 0.717) is 4.90 Å². The number of thioether (sulfide) groups is 1. The van der Waals surface area contributed by atoms with Gasteiger partial charge in [-0.2, -0.15) is 0 Å². The van der Waals surface area contributed by atoms with Crippen LogP contribution in [0.25, 0.3) is 0 Å². The number of nitro benzene ring substituents is 1. The van der Waals surface area contributed by atoms with Crippen LogP contribution in [-0.2, 0) is 9.53 Å². The van der Waals surface area contributed by atoms with Crippen LogP contribution in [0.5, 0.6) is 0 Å². The number of nitro groups is 1. The zero-order valence-electron chi connectivity index (χ0n) is 18.4. The Labute approximate surface area is 199 Å². The van der Waals surface area contributed by atoms with Crippen LogP contribution >= 0.6 is 11.8 Å². The number of esters is 1. The SMILES string of the molecule is CSc1ccc(C(=O)c2ccccc2C(=O)OCC(=O)NC(=O)NC2CCCC2)cc1[N+](=O)[O-]. The third-order valence-corrected chi connectivity index (χ3v) is 6.09. The first kappa shape index (κ1) is 24.9. The maximum Gasteiger partial charge on any atom is 0.339 e. The highest BCUT2D eigenvalue weighted by molar-refractivity contribution is 7.98. The third-order valence-electron chi connectivity index (χ3n) is 5.31. The van der Waals surface area contributed by atoms with Crippen molar-refractivity contribution in [3.63, 3.8) is 0 Å². The molecule has 2 aromatic carbocycles. The molecule has 11 heteroatoms. The molecule has 0 saturated heterocycles. The third kappa shape index (κ3) is 6.19. The molecule has 10 nitrogen and oxygen atoms in total. The second-order valence-electron chi connectivity index (χ2n) is 7.60. The topological polar surface area (TPSA) is 145 Å². The minimum absolute atomic E-state index is 0.0223. The minimum Gasteiger partial charge on any atom is -0.452 e. The second-order valence-corrected chi connectivity index (χ2v) is 8.45. The number of nitrogens with zero attached hydrogens (tertiary/aromatic N) is 1. The van der Waals surface area contributed by atoms with Crippen molar-refractivity contribution in [1.82, 2.24) is 10.6 Å². The predicted octanol–water partition coefficient (Wildman–Crippen LogP) is 3.47. The van der Waals surface area contributed by atoms with Gasteiger partial charge in [-0.3, -0.25) is 25.0 Å². The normalized spacial score (nSPS) is 13.2. The van der Waals surface area contributed by atoms with Crippen molar-refractivity contribution < 1.29 is 28.8 Å². The summed E-state index contributed by atoms with van der Waals surface area (Å²) in [5.74, 6) is -2.36. The first-order valence-corrected chi connectivity index (χ1v) is 11.8. The maximum absolute atomic E-state index is 13.0. The van der Waals surface area contributed by atoms with Gasteiger partial charge in [0.1, 0.15) is 0 Å². The Morgan fingerprint density at radius 3 is 2.41 bits per heavy atom. The van der Waals surface area contributed by atoms with E-state index in [0.717, 1.165) is 31.7 Å². The summed E-state index contributed by atoms with van der Waals surface area (Å²) in [6.45, 7) is -0.715. The Kier molecular flexibility index (Phi) is 8.36. The summed E-state index contributed by atoms with van der Waals surface area (Å²) in [7, 11) is 0. The summed E-state index contributed by atoms with van der Waals surface area (Å²) in [6.07, 6.45) is 5.42. The number of nitrogens with one attached hydrogen (secondary N) is 2. The fraction of sp³-hybridized carbons (Fsp3) is 0.304. The molecule has 3 amide bonds. The number of hydrogen-bond acceptors (Lipinski definition) is 8. The molecule has 0 aliphatic heterocycles. The van der Waals surface area contributed by atoms with Crippen molar-refractivity contribution in [1.29, 1.82) is 0 Å². The van der Waals surface area contributed by atoms with Crippen LogP contribution in [0.3, 0.4) is 0 Å². The van der Waals surface area contributed by atoms with Crippen LogP contribution in [0.4, 0.5) is 10.5 Å². The maximum atomic E-state index is 13.0. The summed E-state index contributed by atoms with van der Waals surface area (Å²) >= 11 is 1.18. The van der Waals surface area contributed by atoms with Gasteiger partial charge in [-0.1, -0.05) is 31.0 Å². The highest BCUT2D eigenvalue weighted by Gasteiger charge is 2.23. The van der Waals surface area contributed by atoms with Crippen LogP contribution in [-0.4, -0.2) is 47.5 Å². The van der Waals surface area contributed by atoms with E-state index < -0.39 is 35.2 Å². The summed E-state index contributed by atoms with van der Waals surface area (Å²) in [6, 6.07) is 9.24. The Hall–Kier alpha value is -3.73. The Morgan fingerprint density at radius 2 is 1.76 bits per heavy atom. The largest absolute Gasteiger partial charge is 0.452 e. The van der Waals surface area contributed by atoms with Gasteiger partial charge in [0.25, 0.3) is 11.6 Å². The van der Waals surface area contributed by atoms with E-state index in [2.05, 4.69) is 10.6 Å². The van der Waals surface area contributed by atoms with Crippen molar-refractivity contribution in [3.8, 4) is 0 Å². The van der Waals surface area contributed by atoms with E-state index in [-0.39, 0.29) is 28.4 Å². The number of rotatable bonds is 8. The molecule has 0 heterocycles. The van der Waals surface area contributed by atoms with Gasteiger partial charge in [-0.25, -0.2) is 9.59 Å². The minimum atomic E-state index is -0.939. The lowest BCUT2D eigenvalue weighted by atomic mass is 9.98. The number of benzene rings is 2. The number of carbonyl (C=O) groups is 4. The van der Waals surface area contributed by atoms with E-state index in [1.165, 1.54) is 48.2 Å². The van der Waals surface area contributed by atoms with Crippen LogP contribution < -0.4 is 10.6 Å². The number of ether oxygens (including phenoxy) is 1. The second kappa shape index (κ2) is 11.4. The number of urea groups is 1. The highest BCUT2D eigenvalue weighted by Crippen LogP contribution is 2.29. The molecule has 34 heavy (non-hydrogen) atoms. The van der Waals surface area contributed by atoms with Gasteiger partial charge in [-0.15, -0.1) is 11.8 Å². The molecule has 0 bridgehead atoms. The van der Waals surface area contributed by atoms with Crippen LogP contribution in [0.2, 0.25) is 0 Å². The molecular formula is C23H23N3O7S.